The molecule has 0 bridgehead atoms. The number of halogens is 2. The van der Waals surface area contributed by atoms with Crippen LogP contribution in [0.25, 0.3) is 0 Å². The fraction of sp³-hybridized carbons (Fsp3) is 0.467. The Balaban J connectivity index is 1.79. The molecule has 2 rings (SSSR count). The zero-order valence-corrected chi connectivity index (χ0v) is 13.7. The van der Waals surface area contributed by atoms with Crippen LogP contribution < -0.4 is 10.6 Å². The highest BCUT2D eigenvalue weighted by atomic mass is 35.5. The van der Waals surface area contributed by atoms with Crippen LogP contribution in [0.5, 0.6) is 0 Å². The summed E-state index contributed by atoms with van der Waals surface area (Å²) in [5.41, 5.74) is 0.502. The van der Waals surface area contributed by atoms with Gasteiger partial charge in [0, 0.05) is 25.3 Å². The van der Waals surface area contributed by atoms with Gasteiger partial charge in [-0.05, 0) is 31.0 Å². The van der Waals surface area contributed by atoms with E-state index in [1.807, 2.05) is 0 Å². The molecular weight excluding hydrogens is 327 g/mol. The maximum atomic E-state index is 12.1. The van der Waals surface area contributed by atoms with Crippen LogP contribution in [0.1, 0.15) is 12.8 Å². The largest absolute Gasteiger partial charge is 0.385 e. The highest BCUT2D eigenvalue weighted by Gasteiger charge is 2.47. The van der Waals surface area contributed by atoms with Crippen LogP contribution in [-0.4, -0.2) is 32.1 Å². The summed E-state index contributed by atoms with van der Waals surface area (Å²) < 4.78 is 4.91. The third kappa shape index (κ3) is 4.60. The fourth-order valence-electron chi connectivity index (χ4n) is 2.15. The number of methoxy groups -OCH3 is 1. The number of carbonyl (C=O) groups is 2. The van der Waals surface area contributed by atoms with Gasteiger partial charge in [0.25, 0.3) is 0 Å². The second-order valence-corrected chi connectivity index (χ2v) is 6.04. The number of anilines is 1. The minimum absolute atomic E-state index is 0.0848. The lowest BCUT2D eigenvalue weighted by Gasteiger charge is -2.07. The maximum Gasteiger partial charge on any atom is 0.228 e. The molecule has 5 nitrogen and oxygen atoms in total. The molecule has 1 aromatic carbocycles. The highest BCUT2D eigenvalue weighted by molar-refractivity contribution is 6.36. The van der Waals surface area contributed by atoms with Crippen molar-refractivity contribution in [2.45, 2.75) is 12.8 Å². The summed E-state index contributed by atoms with van der Waals surface area (Å²) in [6.07, 6.45) is 1.32. The van der Waals surface area contributed by atoms with E-state index in [0.29, 0.717) is 35.3 Å². The predicted molar refractivity (Wildman–Crippen MR) is 86.2 cm³/mol. The van der Waals surface area contributed by atoms with Crippen LogP contribution in [0.15, 0.2) is 18.2 Å². The monoisotopic (exact) mass is 344 g/mol. The van der Waals surface area contributed by atoms with Crippen LogP contribution in [0, 0.1) is 11.8 Å². The van der Waals surface area contributed by atoms with Crippen molar-refractivity contribution in [1.82, 2.24) is 5.32 Å². The lowest BCUT2D eigenvalue weighted by Crippen LogP contribution is -2.28. The van der Waals surface area contributed by atoms with E-state index in [1.54, 1.807) is 25.3 Å². The second kappa shape index (κ2) is 7.81. The predicted octanol–water partition coefficient (Wildman–Crippen LogP) is 2.72. The average molecular weight is 345 g/mol. The third-order valence-electron chi connectivity index (χ3n) is 3.48. The van der Waals surface area contributed by atoms with E-state index in [2.05, 4.69) is 10.6 Å². The summed E-state index contributed by atoms with van der Waals surface area (Å²) in [6, 6.07) is 4.85. The molecule has 2 amide bonds. The van der Waals surface area contributed by atoms with Gasteiger partial charge in [-0.15, -0.1) is 0 Å². The second-order valence-electron chi connectivity index (χ2n) is 5.20. The first-order chi connectivity index (χ1) is 10.5. The molecule has 0 radical (unpaired) electrons. The zero-order chi connectivity index (χ0) is 16.1. The molecule has 7 heteroatoms. The first-order valence-electron chi connectivity index (χ1n) is 7.05. The van der Waals surface area contributed by atoms with Crippen LogP contribution >= 0.6 is 23.2 Å². The summed E-state index contributed by atoms with van der Waals surface area (Å²) in [5.74, 6) is -0.831. The number of ether oxygens (including phenoxy) is 1. The van der Waals surface area contributed by atoms with Gasteiger partial charge in [-0.2, -0.15) is 0 Å². The number of hydrogen-bond donors (Lipinski definition) is 2. The van der Waals surface area contributed by atoms with Crippen LogP contribution in [0.3, 0.4) is 0 Å². The van der Waals surface area contributed by atoms with Gasteiger partial charge in [-0.3, -0.25) is 9.59 Å². The number of rotatable bonds is 7. The lowest BCUT2D eigenvalue weighted by molar-refractivity contribution is -0.125. The van der Waals surface area contributed by atoms with Crippen molar-refractivity contribution in [3.63, 3.8) is 0 Å². The van der Waals surface area contributed by atoms with E-state index in [-0.39, 0.29) is 23.7 Å². The molecule has 120 valence electrons. The van der Waals surface area contributed by atoms with Crippen molar-refractivity contribution < 1.29 is 14.3 Å². The maximum absolute atomic E-state index is 12.1. The SMILES string of the molecule is COCCCNC(=O)C1CC1C(=O)Nc1ccc(Cl)cc1Cl. The Morgan fingerprint density at radius 2 is 2.00 bits per heavy atom. The molecule has 2 unspecified atom stereocenters. The Labute approximate surface area is 139 Å². The zero-order valence-electron chi connectivity index (χ0n) is 12.2. The molecule has 1 aliphatic rings. The van der Waals surface area contributed by atoms with Gasteiger partial charge in [0.15, 0.2) is 0 Å². The van der Waals surface area contributed by atoms with Gasteiger partial charge >= 0.3 is 0 Å². The summed E-state index contributed by atoms with van der Waals surface area (Å²) in [4.78, 5) is 24.0. The molecule has 1 saturated carbocycles. The van der Waals surface area contributed by atoms with Gasteiger partial charge in [0.1, 0.15) is 0 Å². The molecule has 0 saturated heterocycles. The molecule has 2 atom stereocenters. The Bertz CT molecular complexity index is 566. The Kier molecular flexibility index (Phi) is 6.06. The van der Waals surface area contributed by atoms with Crippen LogP contribution in [0.2, 0.25) is 10.0 Å². The van der Waals surface area contributed by atoms with Gasteiger partial charge < -0.3 is 15.4 Å². The first-order valence-corrected chi connectivity index (χ1v) is 7.81. The van der Waals surface area contributed by atoms with Gasteiger partial charge in [-0.1, -0.05) is 23.2 Å². The van der Waals surface area contributed by atoms with E-state index in [4.69, 9.17) is 27.9 Å². The molecule has 22 heavy (non-hydrogen) atoms. The molecule has 0 heterocycles. The molecule has 2 N–H and O–H groups in total. The van der Waals surface area contributed by atoms with E-state index in [9.17, 15) is 9.59 Å². The van der Waals surface area contributed by atoms with Crippen molar-refractivity contribution in [2.24, 2.45) is 11.8 Å². The quantitative estimate of drug-likeness (QED) is 0.747. The Morgan fingerprint density at radius 3 is 2.68 bits per heavy atom. The van der Waals surface area contributed by atoms with Crippen molar-refractivity contribution in [3.05, 3.63) is 28.2 Å². The Morgan fingerprint density at radius 1 is 1.27 bits per heavy atom. The smallest absolute Gasteiger partial charge is 0.228 e. The topological polar surface area (TPSA) is 67.4 Å². The van der Waals surface area contributed by atoms with Crippen LogP contribution in [0.4, 0.5) is 5.69 Å². The van der Waals surface area contributed by atoms with Crippen molar-refractivity contribution in [3.8, 4) is 0 Å². The average Bonchev–Trinajstić information content (AvgIpc) is 3.27. The minimum atomic E-state index is -0.297. The molecule has 1 fully saturated rings. The molecule has 1 aromatic rings. The molecule has 0 aromatic heterocycles. The van der Waals surface area contributed by atoms with E-state index < -0.39 is 0 Å². The third-order valence-corrected chi connectivity index (χ3v) is 4.03. The molecular formula is C15H18Cl2N2O3. The van der Waals surface area contributed by atoms with E-state index in [0.717, 1.165) is 6.42 Å². The minimum Gasteiger partial charge on any atom is -0.385 e. The van der Waals surface area contributed by atoms with Gasteiger partial charge in [-0.25, -0.2) is 0 Å². The van der Waals surface area contributed by atoms with Crippen molar-refractivity contribution >= 4 is 40.7 Å². The van der Waals surface area contributed by atoms with Crippen molar-refractivity contribution in [1.29, 1.82) is 0 Å². The summed E-state index contributed by atoms with van der Waals surface area (Å²) >= 11 is 11.8. The first kappa shape index (κ1) is 17.1. The molecule has 0 aliphatic heterocycles. The van der Waals surface area contributed by atoms with Gasteiger partial charge in [0.05, 0.1) is 22.5 Å². The standard InChI is InChI=1S/C15H18Cl2N2O3/c1-22-6-2-5-18-14(20)10-8-11(10)15(21)19-13-4-3-9(16)7-12(13)17/h3-4,7,10-11H,2,5-6,8H2,1H3,(H,18,20)(H,19,21). The van der Waals surface area contributed by atoms with E-state index in [1.165, 1.54) is 0 Å². The number of carbonyl (C=O) groups excluding carboxylic acids is 2. The lowest BCUT2D eigenvalue weighted by atomic mass is 10.2. The number of hydrogen-bond acceptors (Lipinski definition) is 3. The van der Waals surface area contributed by atoms with Crippen LogP contribution in [-0.2, 0) is 14.3 Å². The highest BCUT2D eigenvalue weighted by Crippen LogP contribution is 2.40. The van der Waals surface area contributed by atoms with Gasteiger partial charge in [0.2, 0.25) is 11.8 Å². The summed E-state index contributed by atoms with van der Waals surface area (Å²) in [7, 11) is 1.62. The number of benzene rings is 1. The molecule has 0 spiro atoms. The normalized spacial score (nSPS) is 19.6. The molecule has 1 aliphatic carbocycles. The number of nitrogens with one attached hydrogen (secondary N) is 2. The van der Waals surface area contributed by atoms with E-state index >= 15 is 0 Å². The Hall–Kier alpha value is -1.30. The summed E-state index contributed by atoms with van der Waals surface area (Å²) in [6.45, 7) is 1.16. The summed E-state index contributed by atoms with van der Waals surface area (Å²) in [5, 5.41) is 6.42. The number of amides is 2. The van der Waals surface area contributed by atoms with Crippen molar-refractivity contribution in [2.75, 3.05) is 25.6 Å². The fourth-order valence-corrected chi connectivity index (χ4v) is 2.61.